The zero-order valence-corrected chi connectivity index (χ0v) is 21.6. The van der Waals surface area contributed by atoms with Crippen LogP contribution in [0.5, 0.6) is 5.75 Å². The first-order valence-corrected chi connectivity index (χ1v) is 12.4. The van der Waals surface area contributed by atoms with Gasteiger partial charge in [0.1, 0.15) is 6.61 Å². The quantitative estimate of drug-likeness (QED) is 0.288. The standard InChI is InChI=1S/C25H17Cl4NO3S/c1-14-3-2-4-15(7-14)12-30-24(31)22(34-25(30)32)11-17-9-20(28)23(21(29)10-17)33-13-16-5-6-18(26)19(27)8-16/h2-11H,12-13H2,1H3/b22-11-. The number of ether oxygens (including phenoxy) is 1. The lowest BCUT2D eigenvalue weighted by Gasteiger charge is -2.13. The fourth-order valence-corrected chi connectivity index (χ4v) is 5.14. The summed E-state index contributed by atoms with van der Waals surface area (Å²) in [4.78, 5) is 26.9. The Bertz CT molecular complexity index is 1300. The second-order valence-electron chi connectivity index (χ2n) is 7.61. The normalized spacial score (nSPS) is 14.9. The van der Waals surface area contributed by atoms with E-state index in [4.69, 9.17) is 51.1 Å². The molecule has 0 N–H and O–H groups in total. The van der Waals surface area contributed by atoms with Gasteiger partial charge in [-0.1, -0.05) is 82.3 Å². The van der Waals surface area contributed by atoms with Crippen LogP contribution >= 0.6 is 58.2 Å². The molecular formula is C25H17Cl4NO3S. The molecule has 0 atom stereocenters. The number of halogens is 4. The van der Waals surface area contributed by atoms with E-state index >= 15 is 0 Å². The van der Waals surface area contributed by atoms with E-state index in [2.05, 4.69) is 0 Å². The monoisotopic (exact) mass is 551 g/mol. The van der Waals surface area contributed by atoms with E-state index in [-0.39, 0.29) is 34.3 Å². The molecule has 0 bridgehead atoms. The van der Waals surface area contributed by atoms with Crippen molar-refractivity contribution in [3.8, 4) is 5.75 Å². The topological polar surface area (TPSA) is 46.6 Å². The molecule has 0 aromatic heterocycles. The van der Waals surface area contributed by atoms with Gasteiger partial charge in [-0.3, -0.25) is 14.5 Å². The summed E-state index contributed by atoms with van der Waals surface area (Å²) < 4.78 is 5.78. The summed E-state index contributed by atoms with van der Waals surface area (Å²) in [5, 5.41) is 1.10. The molecule has 0 aliphatic carbocycles. The molecule has 1 saturated heterocycles. The van der Waals surface area contributed by atoms with Crippen molar-refractivity contribution in [3.05, 3.63) is 102 Å². The highest BCUT2D eigenvalue weighted by molar-refractivity contribution is 8.18. The van der Waals surface area contributed by atoms with Crippen LogP contribution in [-0.4, -0.2) is 16.0 Å². The van der Waals surface area contributed by atoms with Gasteiger partial charge in [0.2, 0.25) is 0 Å². The highest BCUT2D eigenvalue weighted by Crippen LogP contribution is 2.38. The van der Waals surface area contributed by atoms with Gasteiger partial charge in [0.05, 0.1) is 31.5 Å². The molecule has 3 aromatic carbocycles. The zero-order valence-electron chi connectivity index (χ0n) is 17.8. The van der Waals surface area contributed by atoms with Crippen LogP contribution in [0.4, 0.5) is 4.79 Å². The van der Waals surface area contributed by atoms with Crippen molar-refractivity contribution in [2.75, 3.05) is 0 Å². The van der Waals surface area contributed by atoms with Gasteiger partial charge < -0.3 is 4.74 Å². The van der Waals surface area contributed by atoms with Crippen molar-refractivity contribution in [2.24, 2.45) is 0 Å². The minimum absolute atomic E-state index is 0.188. The minimum atomic E-state index is -0.358. The molecule has 3 aromatic rings. The molecule has 0 unspecified atom stereocenters. The third kappa shape index (κ3) is 5.73. The van der Waals surface area contributed by atoms with Crippen LogP contribution in [-0.2, 0) is 17.9 Å². The maximum absolute atomic E-state index is 12.9. The first-order valence-electron chi connectivity index (χ1n) is 10.1. The van der Waals surface area contributed by atoms with Gasteiger partial charge in [-0.2, -0.15) is 0 Å². The van der Waals surface area contributed by atoms with Crippen molar-refractivity contribution < 1.29 is 14.3 Å². The fraction of sp³-hybridized carbons (Fsp3) is 0.120. The SMILES string of the molecule is Cc1cccc(CN2C(=O)S/C(=C\c3cc(Cl)c(OCc4ccc(Cl)c(Cl)c4)c(Cl)c3)C2=O)c1. The van der Waals surface area contributed by atoms with Crippen molar-refractivity contribution in [2.45, 2.75) is 20.1 Å². The van der Waals surface area contributed by atoms with Crippen molar-refractivity contribution in [1.82, 2.24) is 4.90 Å². The summed E-state index contributed by atoms with van der Waals surface area (Å²) in [5.74, 6) is -0.0530. The second kappa shape index (κ2) is 10.6. The van der Waals surface area contributed by atoms with Crippen LogP contribution in [0, 0.1) is 6.92 Å². The fourth-order valence-electron chi connectivity index (χ4n) is 3.37. The minimum Gasteiger partial charge on any atom is -0.486 e. The van der Waals surface area contributed by atoms with E-state index in [0.29, 0.717) is 26.3 Å². The van der Waals surface area contributed by atoms with Gasteiger partial charge in [-0.15, -0.1) is 0 Å². The molecule has 1 aliphatic heterocycles. The first-order chi connectivity index (χ1) is 16.2. The molecule has 9 heteroatoms. The summed E-state index contributed by atoms with van der Waals surface area (Å²) in [6.45, 7) is 2.36. The highest BCUT2D eigenvalue weighted by Gasteiger charge is 2.35. The molecule has 0 spiro atoms. The van der Waals surface area contributed by atoms with E-state index in [0.717, 1.165) is 28.5 Å². The molecule has 0 saturated carbocycles. The summed E-state index contributed by atoms with van der Waals surface area (Å²) in [6, 6.07) is 16.1. The predicted molar refractivity (Wildman–Crippen MR) is 140 cm³/mol. The summed E-state index contributed by atoms with van der Waals surface area (Å²) >= 11 is 25.7. The van der Waals surface area contributed by atoms with Crippen LogP contribution in [0.1, 0.15) is 22.3 Å². The number of nitrogens with zero attached hydrogens (tertiary/aromatic N) is 1. The van der Waals surface area contributed by atoms with Crippen molar-refractivity contribution in [1.29, 1.82) is 0 Å². The summed E-state index contributed by atoms with van der Waals surface area (Å²) in [6.07, 6.45) is 1.60. The van der Waals surface area contributed by atoms with E-state index in [1.807, 2.05) is 31.2 Å². The van der Waals surface area contributed by atoms with Gasteiger partial charge in [0, 0.05) is 0 Å². The number of hydrogen-bond donors (Lipinski definition) is 0. The summed E-state index contributed by atoms with van der Waals surface area (Å²) in [5.41, 5.74) is 3.33. The maximum atomic E-state index is 12.9. The molecular weight excluding hydrogens is 536 g/mol. The number of thioether (sulfide) groups is 1. The predicted octanol–water partition coefficient (Wildman–Crippen LogP) is 8.42. The van der Waals surface area contributed by atoms with Crippen LogP contribution in [0.25, 0.3) is 6.08 Å². The Kier molecular flexibility index (Phi) is 7.80. The Balaban J connectivity index is 1.50. The average Bonchev–Trinajstić information content (AvgIpc) is 3.03. The zero-order chi connectivity index (χ0) is 24.4. The van der Waals surface area contributed by atoms with Gasteiger partial charge in [0.15, 0.2) is 5.75 Å². The Labute approximate surface area is 221 Å². The Hall–Kier alpha value is -2.15. The van der Waals surface area contributed by atoms with E-state index in [9.17, 15) is 9.59 Å². The van der Waals surface area contributed by atoms with Gasteiger partial charge in [-0.25, -0.2) is 0 Å². The Morgan fingerprint density at radius 2 is 1.62 bits per heavy atom. The third-order valence-corrected chi connectivity index (χ3v) is 7.19. The lowest BCUT2D eigenvalue weighted by molar-refractivity contribution is -0.123. The van der Waals surface area contributed by atoms with Crippen molar-refractivity contribution in [3.63, 3.8) is 0 Å². The molecule has 1 heterocycles. The number of aryl methyl sites for hydroxylation is 1. The highest BCUT2D eigenvalue weighted by atomic mass is 35.5. The Morgan fingerprint density at radius 3 is 2.29 bits per heavy atom. The number of benzene rings is 3. The Morgan fingerprint density at radius 1 is 0.882 bits per heavy atom. The molecule has 4 rings (SSSR count). The second-order valence-corrected chi connectivity index (χ2v) is 10.2. The lowest BCUT2D eigenvalue weighted by Crippen LogP contribution is -2.27. The molecule has 1 fully saturated rings. The van der Waals surface area contributed by atoms with E-state index < -0.39 is 0 Å². The number of carbonyl (C=O) groups is 2. The van der Waals surface area contributed by atoms with Crippen molar-refractivity contribution >= 4 is 75.4 Å². The average molecular weight is 553 g/mol. The van der Waals surface area contributed by atoms with Gasteiger partial charge in [-0.05, 0) is 65.7 Å². The molecule has 174 valence electrons. The van der Waals surface area contributed by atoms with Gasteiger partial charge >= 0.3 is 0 Å². The number of carbonyl (C=O) groups excluding carboxylic acids is 2. The third-order valence-electron chi connectivity index (χ3n) is 4.98. The lowest BCUT2D eigenvalue weighted by atomic mass is 10.1. The smallest absolute Gasteiger partial charge is 0.293 e. The van der Waals surface area contributed by atoms with Gasteiger partial charge in [0.25, 0.3) is 11.1 Å². The molecule has 2 amide bonds. The molecule has 34 heavy (non-hydrogen) atoms. The van der Waals surface area contributed by atoms with Crippen LogP contribution in [0.15, 0.2) is 59.5 Å². The number of amides is 2. The summed E-state index contributed by atoms with van der Waals surface area (Å²) in [7, 11) is 0. The van der Waals surface area contributed by atoms with Crippen LogP contribution < -0.4 is 4.74 Å². The van der Waals surface area contributed by atoms with E-state index in [1.165, 1.54) is 4.90 Å². The first kappa shape index (κ1) is 25.0. The molecule has 1 aliphatic rings. The van der Waals surface area contributed by atoms with Crippen LogP contribution in [0.3, 0.4) is 0 Å². The number of hydrogen-bond acceptors (Lipinski definition) is 4. The maximum Gasteiger partial charge on any atom is 0.293 e. The molecule has 4 nitrogen and oxygen atoms in total. The largest absolute Gasteiger partial charge is 0.486 e. The number of rotatable bonds is 6. The van der Waals surface area contributed by atoms with E-state index in [1.54, 1.807) is 36.4 Å². The van der Waals surface area contributed by atoms with Crippen LogP contribution in [0.2, 0.25) is 20.1 Å². The number of imide groups is 1. The molecule has 0 radical (unpaired) electrons.